The van der Waals surface area contributed by atoms with Gasteiger partial charge in [-0.1, -0.05) is 19.3 Å². The van der Waals surface area contributed by atoms with Gasteiger partial charge in [0, 0.05) is 12.6 Å². The first-order chi connectivity index (χ1) is 8.15. The Morgan fingerprint density at radius 1 is 1.24 bits per heavy atom. The highest BCUT2D eigenvalue weighted by atomic mass is 16.5. The zero-order valence-electron chi connectivity index (χ0n) is 11.8. The summed E-state index contributed by atoms with van der Waals surface area (Å²) in [7, 11) is 2.22. The van der Waals surface area contributed by atoms with Gasteiger partial charge in [0.2, 0.25) is 0 Å². The van der Waals surface area contributed by atoms with E-state index in [0.717, 1.165) is 19.7 Å². The maximum atomic E-state index is 5.92. The van der Waals surface area contributed by atoms with Crippen LogP contribution in [-0.4, -0.2) is 43.8 Å². The van der Waals surface area contributed by atoms with Crippen molar-refractivity contribution in [2.24, 2.45) is 11.7 Å². The van der Waals surface area contributed by atoms with E-state index in [1.807, 2.05) is 0 Å². The van der Waals surface area contributed by atoms with Crippen molar-refractivity contribution in [2.75, 3.05) is 26.7 Å². The fraction of sp³-hybridized carbons (Fsp3) is 1.00. The van der Waals surface area contributed by atoms with E-state index in [1.54, 1.807) is 0 Å². The molecule has 0 saturated heterocycles. The molecule has 0 aromatic heterocycles. The molecule has 0 spiro atoms. The minimum Gasteiger partial charge on any atom is -0.377 e. The lowest BCUT2D eigenvalue weighted by Gasteiger charge is -2.33. The number of likely N-dealkylation sites (N-methyl/N-ethyl adjacent to an activating group) is 1. The molecule has 1 aliphatic carbocycles. The predicted octanol–water partition coefficient (Wildman–Crippen LogP) is 2.25. The van der Waals surface area contributed by atoms with E-state index in [0.29, 0.717) is 18.1 Å². The summed E-state index contributed by atoms with van der Waals surface area (Å²) < 4.78 is 5.63. The van der Waals surface area contributed by atoms with Crippen LogP contribution in [0, 0.1) is 5.92 Å². The second kappa shape index (κ2) is 8.06. The lowest BCUT2D eigenvalue weighted by atomic mass is 9.94. The number of hydrogen-bond donors (Lipinski definition) is 1. The Morgan fingerprint density at radius 2 is 1.94 bits per heavy atom. The van der Waals surface area contributed by atoms with Crippen molar-refractivity contribution in [1.82, 2.24) is 4.90 Å². The lowest BCUT2D eigenvalue weighted by molar-refractivity contribution is 0.0477. The number of ether oxygens (including phenoxy) is 1. The third kappa shape index (κ3) is 5.36. The molecule has 0 aromatic carbocycles. The Labute approximate surface area is 107 Å². The maximum Gasteiger partial charge on any atom is 0.0596 e. The number of rotatable bonds is 6. The van der Waals surface area contributed by atoms with Crippen molar-refractivity contribution in [3.05, 3.63) is 0 Å². The zero-order valence-corrected chi connectivity index (χ0v) is 11.8. The van der Waals surface area contributed by atoms with E-state index in [1.165, 1.54) is 32.1 Å². The van der Waals surface area contributed by atoms with Gasteiger partial charge in [-0.05, 0) is 46.2 Å². The van der Waals surface area contributed by atoms with Crippen LogP contribution < -0.4 is 5.73 Å². The van der Waals surface area contributed by atoms with Gasteiger partial charge in [-0.2, -0.15) is 0 Å². The molecule has 1 saturated carbocycles. The van der Waals surface area contributed by atoms with Crippen LogP contribution in [0.3, 0.4) is 0 Å². The highest BCUT2D eigenvalue weighted by molar-refractivity contribution is 4.81. The van der Waals surface area contributed by atoms with Crippen LogP contribution in [0.15, 0.2) is 0 Å². The molecule has 3 heteroatoms. The average molecular weight is 242 g/mol. The summed E-state index contributed by atoms with van der Waals surface area (Å²) in [5.74, 6) is 0.682. The largest absolute Gasteiger partial charge is 0.377 e. The van der Waals surface area contributed by atoms with Gasteiger partial charge in [0.25, 0.3) is 0 Å². The van der Waals surface area contributed by atoms with E-state index in [4.69, 9.17) is 10.5 Å². The first-order valence-corrected chi connectivity index (χ1v) is 7.17. The van der Waals surface area contributed by atoms with E-state index in [9.17, 15) is 0 Å². The summed E-state index contributed by atoms with van der Waals surface area (Å²) in [6.07, 6.45) is 7.04. The topological polar surface area (TPSA) is 38.5 Å². The molecule has 102 valence electrons. The van der Waals surface area contributed by atoms with Crippen molar-refractivity contribution in [3.63, 3.8) is 0 Å². The molecule has 17 heavy (non-hydrogen) atoms. The molecule has 2 atom stereocenters. The molecule has 0 bridgehead atoms. The Hall–Kier alpha value is -0.120. The fourth-order valence-electron chi connectivity index (χ4n) is 2.82. The van der Waals surface area contributed by atoms with Crippen molar-refractivity contribution < 1.29 is 4.74 Å². The predicted molar refractivity (Wildman–Crippen MR) is 73.1 cm³/mol. The van der Waals surface area contributed by atoms with Crippen LogP contribution in [0.2, 0.25) is 0 Å². The molecular weight excluding hydrogens is 212 g/mol. The SMILES string of the molecule is CC(C)OCCN(C)C1CCCCCC1CN. The Balaban J connectivity index is 2.37. The minimum atomic E-state index is 0.336. The van der Waals surface area contributed by atoms with Gasteiger partial charge in [-0.25, -0.2) is 0 Å². The molecule has 0 aliphatic heterocycles. The van der Waals surface area contributed by atoms with Crippen molar-refractivity contribution in [2.45, 2.75) is 58.1 Å². The van der Waals surface area contributed by atoms with Gasteiger partial charge in [0.1, 0.15) is 0 Å². The second-order valence-electron chi connectivity index (χ2n) is 5.60. The fourth-order valence-corrected chi connectivity index (χ4v) is 2.82. The highest BCUT2D eigenvalue weighted by Gasteiger charge is 2.25. The Kier molecular flexibility index (Phi) is 7.09. The number of nitrogens with zero attached hydrogens (tertiary/aromatic N) is 1. The van der Waals surface area contributed by atoms with E-state index < -0.39 is 0 Å². The average Bonchev–Trinajstić information content (AvgIpc) is 2.52. The maximum absolute atomic E-state index is 5.92. The van der Waals surface area contributed by atoms with Gasteiger partial charge in [0.15, 0.2) is 0 Å². The monoisotopic (exact) mass is 242 g/mol. The number of nitrogens with two attached hydrogens (primary N) is 1. The van der Waals surface area contributed by atoms with Gasteiger partial charge in [0.05, 0.1) is 12.7 Å². The van der Waals surface area contributed by atoms with Crippen LogP contribution in [-0.2, 0) is 4.74 Å². The zero-order chi connectivity index (χ0) is 12.7. The highest BCUT2D eigenvalue weighted by Crippen LogP contribution is 2.26. The molecule has 0 amide bonds. The van der Waals surface area contributed by atoms with Crippen LogP contribution in [0.25, 0.3) is 0 Å². The Bertz CT molecular complexity index is 197. The first kappa shape index (κ1) is 14.9. The standard InChI is InChI=1S/C14H30N2O/c1-12(2)17-10-9-16(3)14-8-6-4-5-7-13(14)11-15/h12-14H,4-11,15H2,1-3H3. The molecule has 1 aliphatic rings. The molecule has 1 fully saturated rings. The summed E-state index contributed by atoms with van der Waals surface area (Å²) in [5, 5.41) is 0. The summed E-state index contributed by atoms with van der Waals surface area (Å²) in [5.41, 5.74) is 5.92. The van der Waals surface area contributed by atoms with Crippen LogP contribution in [0.1, 0.15) is 46.0 Å². The van der Waals surface area contributed by atoms with Gasteiger partial charge >= 0.3 is 0 Å². The number of hydrogen-bond acceptors (Lipinski definition) is 3. The van der Waals surface area contributed by atoms with Crippen molar-refractivity contribution >= 4 is 0 Å². The van der Waals surface area contributed by atoms with E-state index in [-0.39, 0.29) is 0 Å². The van der Waals surface area contributed by atoms with Gasteiger partial charge in [-0.3, -0.25) is 0 Å². The molecule has 2 unspecified atom stereocenters. The summed E-state index contributed by atoms with van der Waals surface area (Å²) in [4.78, 5) is 2.46. The Morgan fingerprint density at radius 3 is 2.59 bits per heavy atom. The molecular formula is C14H30N2O. The molecule has 1 rings (SSSR count). The normalized spacial score (nSPS) is 26.5. The third-order valence-corrected chi connectivity index (χ3v) is 3.88. The third-order valence-electron chi connectivity index (χ3n) is 3.88. The molecule has 0 heterocycles. The molecule has 3 nitrogen and oxygen atoms in total. The smallest absolute Gasteiger partial charge is 0.0596 e. The molecule has 0 radical (unpaired) electrons. The molecule has 0 aromatic rings. The van der Waals surface area contributed by atoms with Crippen LogP contribution in [0.5, 0.6) is 0 Å². The van der Waals surface area contributed by atoms with Crippen LogP contribution in [0.4, 0.5) is 0 Å². The summed E-state index contributed by atoms with van der Waals surface area (Å²) in [6.45, 7) is 6.88. The van der Waals surface area contributed by atoms with Gasteiger partial charge in [-0.15, -0.1) is 0 Å². The van der Waals surface area contributed by atoms with Crippen molar-refractivity contribution in [3.8, 4) is 0 Å². The lowest BCUT2D eigenvalue weighted by Crippen LogP contribution is -2.42. The van der Waals surface area contributed by atoms with Crippen LogP contribution >= 0.6 is 0 Å². The van der Waals surface area contributed by atoms with E-state index in [2.05, 4.69) is 25.8 Å². The summed E-state index contributed by atoms with van der Waals surface area (Å²) in [6, 6.07) is 0.665. The molecule has 2 N–H and O–H groups in total. The minimum absolute atomic E-state index is 0.336. The summed E-state index contributed by atoms with van der Waals surface area (Å²) >= 11 is 0. The van der Waals surface area contributed by atoms with Gasteiger partial charge < -0.3 is 15.4 Å². The van der Waals surface area contributed by atoms with Crippen molar-refractivity contribution in [1.29, 1.82) is 0 Å². The van der Waals surface area contributed by atoms with E-state index >= 15 is 0 Å². The first-order valence-electron chi connectivity index (χ1n) is 7.17. The quantitative estimate of drug-likeness (QED) is 0.726. The second-order valence-corrected chi connectivity index (χ2v) is 5.60.